The lowest BCUT2D eigenvalue weighted by Gasteiger charge is -2.08. The molecule has 0 fully saturated rings. The monoisotopic (exact) mass is 289 g/mol. The van der Waals surface area contributed by atoms with Crippen molar-refractivity contribution in [3.05, 3.63) is 54.6 Å². The highest BCUT2D eigenvalue weighted by Gasteiger charge is 2.04. The fourth-order valence-electron chi connectivity index (χ4n) is 1.67. The van der Waals surface area contributed by atoms with Gasteiger partial charge in [0.05, 0.1) is 11.5 Å². The van der Waals surface area contributed by atoms with Crippen LogP contribution in [0.2, 0.25) is 0 Å². The summed E-state index contributed by atoms with van der Waals surface area (Å²) < 4.78 is 20.7. The summed E-state index contributed by atoms with van der Waals surface area (Å²) in [4.78, 5) is 0.733. The van der Waals surface area contributed by atoms with Crippen molar-refractivity contribution in [1.82, 2.24) is 0 Å². The Labute approximate surface area is 122 Å². The molecule has 106 valence electrons. The third-order valence-corrected chi connectivity index (χ3v) is 3.91. The summed E-state index contributed by atoms with van der Waals surface area (Å²) in [7, 11) is -1.26. The predicted molar refractivity (Wildman–Crippen MR) is 83.3 cm³/mol. The maximum Gasteiger partial charge on any atom is 0.150 e. The summed E-state index contributed by atoms with van der Waals surface area (Å²) in [6.07, 6.45) is 2.16. The molecule has 0 radical (unpaired) electrons. The summed E-state index contributed by atoms with van der Waals surface area (Å²) >= 11 is 0. The first-order valence-electron chi connectivity index (χ1n) is 6.76. The van der Waals surface area contributed by atoms with Crippen molar-refractivity contribution in [2.45, 2.75) is 24.7 Å². The fraction of sp³-hybridized carbons (Fsp3) is 0.250. The molecule has 1 atom stereocenters. The van der Waals surface area contributed by atoms with Gasteiger partial charge in [0.2, 0.25) is 0 Å². The van der Waals surface area contributed by atoms with Gasteiger partial charge in [-0.3, -0.25) is 0 Å². The van der Waals surface area contributed by atoms with Gasteiger partial charge in [0.1, 0.15) is 16.7 Å². The highest BCUT2D eigenvalue weighted by Crippen LogP contribution is 2.17. The largest absolute Gasteiger partial charge is 0.494 e. The lowest BCUT2D eigenvalue weighted by molar-refractivity contribution is 0.309. The number of benzene rings is 2. The van der Waals surface area contributed by atoms with E-state index in [1.165, 1.54) is 0 Å². The van der Waals surface area contributed by atoms with Crippen LogP contribution in [-0.4, -0.2) is 10.8 Å². The number of rotatable bonds is 7. The first-order chi connectivity index (χ1) is 9.79. The number of nitrogens with one attached hydrogen (secondary N) is 1. The number of para-hydroxylation sites is 1. The summed E-state index contributed by atoms with van der Waals surface area (Å²) in [6, 6.07) is 16.9. The van der Waals surface area contributed by atoms with Crippen LogP contribution in [-0.2, 0) is 11.0 Å². The van der Waals surface area contributed by atoms with Crippen LogP contribution < -0.4 is 9.46 Å². The van der Waals surface area contributed by atoms with Gasteiger partial charge in [-0.15, -0.1) is 0 Å². The predicted octanol–water partition coefficient (Wildman–Crippen LogP) is 4.00. The quantitative estimate of drug-likeness (QED) is 0.782. The fourth-order valence-corrected chi connectivity index (χ4v) is 2.52. The Morgan fingerprint density at radius 2 is 1.75 bits per heavy atom. The molecule has 0 aliphatic carbocycles. The standard InChI is InChI=1S/C16H19NO2S/c1-2-3-13-19-15-9-11-16(12-10-15)20(18)17-14-7-5-4-6-8-14/h4-12,17H,2-3,13H2,1H3. The van der Waals surface area contributed by atoms with Crippen molar-refractivity contribution in [3.8, 4) is 5.75 Å². The molecule has 0 saturated carbocycles. The molecule has 1 N–H and O–H groups in total. The zero-order chi connectivity index (χ0) is 14.2. The molecular weight excluding hydrogens is 270 g/mol. The smallest absolute Gasteiger partial charge is 0.150 e. The summed E-state index contributed by atoms with van der Waals surface area (Å²) in [5, 5.41) is 0. The van der Waals surface area contributed by atoms with E-state index in [0.717, 1.165) is 35.8 Å². The zero-order valence-electron chi connectivity index (χ0n) is 11.5. The third kappa shape index (κ3) is 4.38. The van der Waals surface area contributed by atoms with Crippen molar-refractivity contribution in [2.24, 2.45) is 0 Å². The summed E-state index contributed by atoms with van der Waals surface area (Å²) in [5.41, 5.74) is 0.842. The molecule has 0 amide bonds. The lowest BCUT2D eigenvalue weighted by atomic mass is 10.3. The molecule has 0 aliphatic rings. The molecule has 4 heteroatoms. The molecule has 1 unspecified atom stereocenters. The van der Waals surface area contributed by atoms with Gasteiger partial charge in [0, 0.05) is 5.69 Å². The Morgan fingerprint density at radius 3 is 2.40 bits per heavy atom. The number of anilines is 1. The third-order valence-electron chi connectivity index (χ3n) is 2.79. The maximum atomic E-state index is 12.1. The zero-order valence-corrected chi connectivity index (χ0v) is 12.4. The molecule has 3 nitrogen and oxygen atoms in total. The number of hydrogen-bond donors (Lipinski definition) is 1. The van der Waals surface area contributed by atoms with E-state index in [1.54, 1.807) is 0 Å². The number of ether oxygens (including phenoxy) is 1. The van der Waals surface area contributed by atoms with E-state index in [4.69, 9.17) is 4.74 Å². The molecule has 0 aromatic heterocycles. The Hall–Kier alpha value is -1.81. The van der Waals surface area contributed by atoms with Gasteiger partial charge in [0.15, 0.2) is 0 Å². The Bertz CT molecular complexity index is 540. The highest BCUT2D eigenvalue weighted by atomic mass is 32.2. The molecule has 0 heterocycles. The Balaban J connectivity index is 1.94. The van der Waals surface area contributed by atoms with E-state index in [9.17, 15) is 4.21 Å². The summed E-state index contributed by atoms with van der Waals surface area (Å²) in [5.74, 6) is 0.818. The van der Waals surface area contributed by atoms with Crippen molar-refractivity contribution < 1.29 is 8.95 Å². The molecule has 0 bridgehead atoms. The second-order valence-electron chi connectivity index (χ2n) is 4.41. The van der Waals surface area contributed by atoms with Crippen LogP contribution in [0.4, 0.5) is 5.69 Å². The van der Waals surface area contributed by atoms with E-state index in [2.05, 4.69) is 11.6 Å². The second-order valence-corrected chi connectivity index (χ2v) is 5.62. The number of unbranched alkanes of at least 4 members (excludes halogenated alkanes) is 1. The molecule has 0 aliphatic heterocycles. The topological polar surface area (TPSA) is 38.3 Å². The van der Waals surface area contributed by atoms with Crippen molar-refractivity contribution in [2.75, 3.05) is 11.3 Å². The minimum absolute atomic E-state index is 0.723. The molecule has 2 rings (SSSR count). The maximum absolute atomic E-state index is 12.1. The minimum atomic E-state index is -1.26. The molecular formula is C16H19NO2S. The second kappa shape index (κ2) is 7.70. The van der Waals surface area contributed by atoms with Crippen LogP contribution in [0, 0.1) is 0 Å². The van der Waals surface area contributed by atoms with E-state index < -0.39 is 11.0 Å². The van der Waals surface area contributed by atoms with E-state index in [1.807, 2.05) is 54.6 Å². The van der Waals surface area contributed by atoms with Crippen LogP contribution in [0.15, 0.2) is 59.5 Å². The van der Waals surface area contributed by atoms with Gasteiger partial charge in [-0.1, -0.05) is 31.5 Å². The van der Waals surface area contributed by atoms with Gasteiger partial charge in [0.25, 0.3) is 0 Å². The van der Waals surface area contributed by atoms with Crippen LogP contribution in [0.25, 0.3) is 0 Å². The minimum Gasteiger partial charge on any atom is -0.494 e. The molecule has 2 aromatic rings. The lowest BCUT2D eigenvalue weighted by Crippen LogP contribution is -2.04. The summed E-state index contributed by atoms with van der Waals surface area (Å²) in [6.45, 7) is 2.85. The van der Waals surface area contributed by atoms with Crippen molar-refractivity contribution in [1.29, 1.82) is 0 Å². The average Bonchev–Trinajstić information content (AvgIpc) is 2.49. The highest BCUT2D eigenvalue weighted by molar-refractivity contribution is 7.86. The SMILES string of the molecule is CCCCOc1ccc(S(=O)Nc2ccccc2)cc1. The van der Waals surface area contributed by atoms with Crippen molar-refractivity contribution in [3.63, 3.8) is 0 Å². The van der Waals surface area contributed by atoms with Gasteiger partial charge in [-0.05, 0) is 42.8 Å². The number of hydrogen-bond acceptors (Lipinski definition) is 2. The molecule has 20 heavy (non-hydrogen) atoms. The first kappa shape index (κ1) is 14.6. The van der Waals surface area contributed by atoms with Crippen LogP contribution in [0.5, 0.6) is 5.75 Å². The van der Waals surface area contributed by atoms with Gasteiger partial charge < -0.3 is 9.46 Å². The van der Waals surface area contributed by atoms with E-state index >= 15 is 0 Å². The van der Waals surface area contributed by atoms with Crippen LogP contribution in [0.3, 0.4) is 0 Å². The Morgan fingerprint density at radius 1 is 1.05 bits per heavy atom. The van der Waals surface area contributed by atoms with Gasteiger partial charge in [-0.25, -0.2) is 4.21 Å². The Kier molecular flexibility index (Phi) is 5.62. The van der Waals surface area contributed by atoms with E-state index in [0.29, 0.717) is 0 Å². The van der Waals surface area contributed by atoms with Crippen molar-refractivity contribution >= 4 is 16.7 Å². The van der Waals surface area contributed by atoms with Gasteiger partial charge in [-0.2, -0.15) is 0 Å². The first-order valence-corrected chi connectivity index (χ1v) is 7.91. The van der Waals surface area contributed by atoms with Crippen LogP contribution >= 0.6 is 0 Å². The molecule has 0 spiro atoms. The molecule has 2 aromatic carbocycles. The van der Waals surface area contributed by atoms with Gasteiger partial charge >= 0.3 is 0 Å². The molecule has 0 saturated heterocycles. The average molecular weight is 289 g/mol. The van der Waals surface area contributed by atoms with E-state index in [-0.39, 0.29) is 0 Å². The van der Waals surface area contributed by atoms with Crippen LogP contribution in [0.1, 0.15) is 19.8 Å². The normalized spacial score (nSPS) is 11.8.